The number of carbonyl (C=O) groups is 2. The summed E-state index contributed by atoms with van der Waals surface area (Å²) in [5.41, 5.74) is 0.229. The molecular formula is C21H26N2O2. The molecule has 5 rings (SSSR count). The van der Waals surface area contributed by atoms with Gasteiger partial charge in [0.25, 0.3) is 0 Å². The van der Waals surface area contributed by atoms with Crippen LogP contribution < -0.4 is 0 Å². The molecule has 1 aromatic carbocycles. The summed E-state index contributed by atoms with van der Waals surface area (Å²) in [6.07, 6.45) is 7.82. The van der Waals surface area contributed by atoms with Gasteiger partial charge in [-0.1, -0.05) is 30.3 Å². The van der Waals surface area contributed by atoms with Crippen LogP contribution >= 0.6 is 0 Å². The van der Waals surface area contributed by atoms with Gasteiger partial charge in [0.05, 0.1) is 5.41 Å². The lowest BCUT2D eigenvalue weighted by Crippen LogP contribution is -2.63. The first kappa shape index (κ1) is 15.4. The van der Waals surface area contributed by atoms with Crippen molar-refractivity contribution in [3.8, 4) is 0 Å². The Balaban J connectivity index is 1.47. The summed E-state index contributed by atoms with van der Waals surface area (Å²) in [5.74, 6) is 0.457. The van der Waals surface area contributed by atoms with E-state index in [4.69, 9.17) is 0 Å². The maximum absolute atomic E-state index is 13.6. The Hall–Kier alpha value is -1.84. The van der Waals surface area contributed by atoms with Crippen LogP contribution in [0.15, 0.2) is 30.3 Å². The van der Waals surface area contributed by atoms with Gasteiger partial charge >= 0.3 is 0 Å². The second-order valence-corrected chi connectivity index (χ2v) is 8.37. The van der Waals surface area contributed by atoms with Crippen molar-refractivity contribution in [3.05, 3.63) is 35.9 Å². The molecule has 1 spiro atoms. The van der Waals surface area contributed by atoms with Crippen LogP contribution in [-0.2, 0) is 15.0 Å². The van der Waals surface area contributed by atoms with Crippen molar-refractivity contribution in [1.82, 2.24) is 9.80 Å². The number of hydrogen-bond donors (Lipinski definition) is 0. The molecule has 2 saturated carbocycles. The largest absolute Gasteiger partial charge is 0.338 e. The predicted molar refractivity (Wildman–Crippen MR) is 95.0 cm³/mol. The van der Waals surface area contributed by atoms with E-state index >= 15 is 0 Å². The number of hydrogen-bond acceptors (Lipinski definition) is 2. The molecule has 1 atom stereocenters. The van der Waals surface area contributed by atoms with Crippen molar-refractivity contribution in [2.45, 2.75) is 68.4 Å². The lowest BCUT2D eigenvalue weighted by atomic mass is 9.83. The molecule has 0 radical (unpaired) electrons. The average molecular weight is 338 g/mol. The quantitative estimate of drug-likeness (QED) is 0.850. The van der Waals surface area contributed by atoms with E-state index in [-0.39, 0.29) is 17.2 Å². The van der Waals surface area contributed by atoms with Gasteiger partial charge in [-0.3, -0.25) is 9.59 Å². The molecule has 0 bridgehead atoms. The van der Waals surface area contributed by atoms with Gasteiger partial charge in [0.15, 0.2) is 0 Å². The molecule has 2 aliphatic carbocycles. The first-order chi connectivity index (χ1) is 12.2. The zero-order valence-electron chi connectivity index (χ0n) is 14.7. The molecule has 2 heterocycles. The van der Waals surface area contributed by atoms with E-state index in [1.165, 1.54) is 0 Å². The SMILES string of the molecule is O=C(N1CCCC12CCCN(C1CC1)C2=O)C1(c2ccccc2)CC1. The number of benzene rings is 1. The van der Waals surface area contributed by atoms with Crippen molar-refractivity contribution in [2.75, 3.05) is 13.1 Å². The molecule has 4 heteroatoms. The van der Waals surface area contributed by atoms with Crippen LogP contribution in [0, 0.1) is 0 Å². The fraction of sp³-hybridized carbons (Fsp3) is 0.619. The zero-order valence-corrected chi connectivity index (χ0v) is 14.7. The van der Waals surface area contributed by atoms with Crippen LogP contribution in [0.3, 0.4) is 0 Å². The van der Waals surface area contributed by atoms with Gasteiger partial charge in [-0.25, -0.2) is 0 Å². The van der Waals surface area contributed by atoms with E-state index in [2.05, 4.69) is 17.0 Å². The zero-order chi connectivity index (χ0) is 17.1. The Morgan fingerprint density at radius 3 is 2.28 bits per heavy atom. The van der Waals surface area contributed by atoms with Crippen LogP contribution in [0.1, 0.15) is 56.9 Å². The number of carbonyl (C=O) groups excluding carboxylic acids is 2. The monoisotopic (exact) mass is 338 g/mol. The Morgan fingerprint density at radius 2 is 1.64 bits per heavy atom. The van der Waals surface area contributed by atoms with Crippen molar-refractivity contribution in [2.24, 2.45) is 0 Å². The summed E-state index contributed by atoms with van der Waals surface area (Å²) < 4.78 is 0. The second-order valence-electron chi connectivity index (χ2n) is 8.37. The molecule has 4 aliphatic rings. The van der Waals surface area contributed by atoms with Crippen molar-refractivity contribution < 1.29 is 9.59 Å². The minimum Gasteiger partial charge on any atom is -0.338 e. The van der Waals surface area contributed by atoms with Crippen LogP contribution in [0.5, 0.6) is 0 Å². The van der Waals surface area contributed by atoms with Crippen molar-refractivity contribution in [1.29, 1.82) is 0 Å². The molecule has 0 N–H and O–H groups in total. The van der Waals surface area contributed by atoms with Crippen LogP contribution in [0.25, 0.3) is 0 Å². The summed E-state index contributed by atoms with van der Waals surface area (Å²) >= 11 is 0. The smallest absolute Gasteiger partial charge is 0.248 e. The molecule has 2 aliphatic heterocycles. The summed E-state index contributed by atoms with van der Waals surface area (Å²) in [6, 6.07) is 10.6. The summed E-state index contributed by atoms with van der Waals surface area (Å²) in [5, 5.41) is 0. The highest BCUT2D eigenvalue weighted by Gasteiger charge is 2.61. The Morgan fingerprint density at radius 1 is 0.960 bits per heavy atom. The van der Waals surface area contributed by atoms with E-state index in [1.54, 1.807) is 0 Å². The Bertz CT molecular complexity index is 708. The minimum absolute atomic E-state index is 0.210. The first-order valence-corrected chi connectivity index (χ1v) is 9.86. The lowest BCUT2D eigenvalue weighted by molar-refractivity contribution is -0.157. The van der Waals surface area contributed by atoms with E-state index in [9.17, 15) is 9.59 Å². The van der Waals surface area contributed by atoms with Gasteiger partial charge in [0, 0.05) is 19.1 Å². The number of piperidine rings is 1. The van der Waals surface area contributed by atoms with Crippen molar-refractivity contribution >= 4 is 11.8 Å². The van der Waals surface area contributed by atoms with Gasteiger partial charge in [0.1, 0.15) is 5.54 Å². The third-order valence-electron chi connectivity index (χ3n) is 6.86. The third kappa shape index (κ3) is 2.19. The summed E-state index contributed by atoms with van der Waals surface area (Å²) in [6.45, 7) is 1.63. The topological polar surface area (TPSA) is 40.6 Å². The van der Waals surface area contributed by atoms with Gasteiger partial charge in [0.2, 0.25) is 11.8 Å². The minimum atomic E-state index is -0.539. The van der Waals surface area contributed by atoms with Gasteiger partial charge in [-0.15, -0.1) is 0 Å². The van der Waals surface area contributed by atoms with E-state index in [0.717, 1.165) is 70.0 Å². The first-order valence-electron chi connectivity index (χ1n) is 9.86. The van der Waals surface area contributed by atoms with Crippen molar-refractivity contribution in [3.63, 3.8) is 0 Å². The van der Waals surface area contributed by atoms with Gasteiger partial charge in [-0.05, 0) is 56.9 Å². The maximum Gasteiger partial charge on any atom is 0.248 e. The average Bonchev–Trinajstić information content (AvgIpc) is 3.56. The molecule has 2 amide bonds. The Labute approximate surface area is 149 Å². The van der Waals surface area contributed by atoms with E-state index < -0.39 is 5.54 Å². The second kappa shape index (κ2) is 5.33. The third-order valence-corrected chi connectivity index (χ3v) is 6.86. The molecule has 4 nitrogen and oxygen atoms in total. The lowest BCUT2D eigenvalue weighted by Gasteiger charge is -2.45. The van der Waals surface area contributed by atoms with Crippen LogP contribution in [-0.4, -0.2) is 46.3 Å². The van der Waals surface area contributed by atoms with Crippen LogP contribution in [0.4, 0.5) is 0 Å². The molecule has 132 valence electrons. The number of likely N-dealkylation sites (tertiary alicyclic amines) is 2. The Kier molecular flexibility index (Phi) is 3.28. The predicted octanol–water partition coefficient (Wildman–Crippen LogP) is 2.86. The van der Waals surface area contributed by atoms with Crippen LogP contribution in [0.2, 0.25) is 0 Å². The molecule has 25 heavy (non-hydrogen) atoms. The number of nitrogens with zero attached hydrogens (tertiary/aromatic N) is 2. The van der Waals surface area contributed by atoms with E-state index in [1.807, 2.05) is 23.1 Å². The summed E-state index contributed by atoms with van der Waals surface area (Å²) in [7, 11) is 0. The maximum atomic E-state index is 13.6. The fourth-order valence-electron chi connectivity index (χ4n) is 5.18. The summed E-state index contributed by atoms with van der Waals surface area (Å²) in [4.78, 5) is 31.1. The molecule has 0 aromatic heterocycles. The molecule has 4 fully saturated rings. The van der Waals surface area contributed by atoms with Gasteiger partial charge < -0.3 is 9.80 Å². The molecule has 1 aromatic rings. The number of amides is 2. The van der Waals surface area contributed by atoms with Gasteiger partial charge in [-0.2, -0.15) is 0 Å². The number of rotatable bonds is 3. The highest BCUT2D eigenvalue weighted by atomic mass is 16.2. The highest BCUT2D eigenvalue weighted by Crippen LogP contribution is 2.52. The highest BCUT2D eigenvalue weighted by molar-refractivity contribution is 5.98. The molecule has 2 saturated heterocycles. The molecule has 1 unspecified atom stereocenters. The molecular weight excluding hydrogens is 312 g/mol. The standard InChI is InChI=1S/C21H26N2O2/c24-18(20(12-13-20)16-6-2-1-3-7-16)23-15-5-11-21(23)10-4-14-22(19(21)25)17-8-9-17/h1-3,6-7,17H,4-5,8-15H2. The normalized spacial score (nSPS) is 30.8. The van der Waals surface area contributed by atoms with E-state index in [0.29, 0.717) is 6.04 Å². The fourth-order valence-corrected chi connectivity index (χ4v) is 5.18.